The lowest BCUT2D eigenvalue weighted by atomic mass is 10.3. The third kappa shape index (κ3) is 2.31. The molecule has 0 radical (unpaired) electrons. The van der Waals surface area contributed by atoms with Gasteiger partial charge >= 0.3 is 0 Å². The normalized spacial score (nSPS) is 11.1. The van der Waals surface area contributed by atoms with Crippen LogP contribution in [0.15, 0.2) is 22.7 Å². The van der Waals surface area contributed by atoms with Crippen molar-refractivity contribution in [3.8, 4) is 10.7 Å². The number of carbonyl (C=O) groups excluding carboxylic acids is 1. The molecule has 0 aliphatic carbocycles. The quantitative estimate of drug-likeness (QED) is 0.627. The van der Waals surface area contributed by atoms with Crippen LogP contribution in [0.1, 0.15) is 9.67 Å². The molecule has 2 aromatic heterocycles. The van der Waals surface area contributed by atoms with Gasteiger partial charge in [0.05, 0.1) is 30.8 Å². The molecule has 0 bridgehead atoms. The van der Waals surface area contributed by atoms with Gasteiger partial charge in [-0.1, -0.05) is 23.2 Å². The molecule has 19 heavy (non-hydrogen) atoms. The fraction of sp³-hybridized carbons (Fsp3) is 0. The Labute approximate surface area is 130 Å². The van der Waals surface area contributed by atoms with Crippen molar-refractivity contribution in [2.75, 3.05) is 0 Å². The van der Waals surface area contributed by atoms with Crippen LogP contribution in [-0.2, 0) is 0 Å². The standard InChI is InChI=1S/C12H5BrCl2N2OS/c13-5-1-10(19-11(5)4-18)12-16-8-2-6(14)7(15)3-9(8)17-12/h1-4H,(H,16,17). The van der Waals surface area contributed by atoms with Crippen LogP contribution in [0.3, 0.4) is 0 Å². The van der Waals surface area contributed by atoms with Gasteiger partial charge in [-0.25, -0.2) is 4.98 Å². The summed E-state index contributed by atoms with van der Waals surface area (Å²) in [6, 6.07) is 5.30. The first-order valence-electron chi connectivity index (χ1n) is 5.18. The first-order chi connectivity index (χ1) is 9.08. The number of H-pyrrole nitrogens is 1. The van der Waals surface area contributed by atoms with E-state index in [1.807, 2.05) is 6.07 Å². The van der Waals surface area contributed by atoms with E-state index in [-0.39, 0.29) is 0 Å². The lowest BCUT2D eigenvalue weighted by Gasteiger charge is -1.93. The highest BCUT2D eigenvalue weighted by Gasteiger charge is 2.12. The average Bonchev–Trinajstić information content (AvgIpc) is 2.93. The number of carbonyl (C=O) groups is 1. The Balaban J connectivity index is 2.17. The number of halogens is 3. The number of aldehydes is 1. The van der Waals surface area contributed by atoms with E-state index in [9.17, 15) is 4.79 Å². The predicted octanol–water partition coefficient (Wildman–Crippen LogP) is 5.17. The van der Waals surface area contributed by atoms with Crippen molar-refractivity contribution in [2.24, 2.45) is 0 Å². The summed E-state index contributed by atoms with van der Waals surface area (Å²) in [5, 5.41) is 0.943. The zero-order valence-electron chi connectivity index (χ0n) is 9.21. The maximum Gasteiger partial charge on any atom is 0.161 e. The molecule has 3 nitrogen and oxygen atoms in total. The molecule has 1 aromatic carbocycles. The Hall–Kier alpha value is -0.880. The number of aromatic nitrogens is 2. The number of imidazole rings is 1. The Morgan fingerprint density at radius 2 is 2.00 bits per heavy atom. The third-order valence-electron chi connectivity index (χ3n) is 2.58. The van der Waals surface area contributed by atoms with Crippen LogP contribution in [0.4, 0.5) is 0 Å². The number of nitrogens with one attached hydrogen (secondary N) is 1. The molecule has 3 rings (SSSR count). The number of hydrogen-bond donors (Lipinski definition) is 1. The van der Waals surface area contributed by atoms with Crippen molar-refractivity contribution < 1.29 is 4.79 Å². The van der Waals surface area contributed by atoms with Crippen molar-refractivity contribution in [2.45, 2.75) is 0 Å². The van der Waals surface area contributed by atoms with E-state index in [0.717, 1.165) is 26.7 Å². The molecule has 0 aliphatic heterocycles. The average molecular weight is 376 g/mol. The maximum atomic E-state index is 10.8. The van der Waals surface area contributed by atoms with Crippen LogP contribution >= 0.6 is 50.5 Å². The number of rotatable bonds is 2. The fourth-order valence-electron chi connectivity index (χ4n) is 1.70. The molecule has 0 spiro atoms. The van der Waals surface area contributed by atoms with Gasteiger partial charge in [-0.15, -0.1) is 11.3 Å². The smallest absolute Gasteiger partial charge is 0.161 e. The number of benzene rings is 1. The van der Waals surface area contributed by atoms with Crippen LogP contribution in [0.25, 0.3) is 21.7 Å². The minimum absolute atomic E-state index is 0.466. The molecule has 3 aromatic rings. The van der Waals surface area contributed by atoms with Crippen LogP contribution in [0.5, 0.6) is 0 Å². The summed E-state index contributed by atoms with van der Waals surface area (Å²) < 4.78 is 0.763. The van der Waals surface area contributed by atoms with E-state index in [1.54, 1.807) is 12.1 Å². The summed E-state index contributed by atoms with van der Waals surface area (Å²) in [5.74, 6) is 0.687. The van der Waals surface area contributed by atoms with E-state index in [4.69, 9.17) is 23.2 Å². The summed E-state index contributed by atoms with van der Waals surface area (Å²) in [6.45, 7) is 0. The van der Waals surface area contributed by atoms with E-state index >= 15 is 0 Å². The largest absolute Gasteiger partial charge is 0.337 e. The Morgan fingerprint density at radius 1 is 1.26 bits per heavy atom. The highest BCUT2D eigenvalue weighted by atomic mass is 79.9. The predicted molar refractivity (Wildman–Crippen MR) is 82.5 cm³/mol. The second kappa shape index (κ2) is 4.90. The molecule has 1 N–H and O–H groups in total. The molecule has 0 unspecified atom stereocenters. The van der Waals surface area contributed by atoms with Gasteiger partial charge in [-0.2, -0.15) is 0 Å². The monoisotopic (exact) mass is 374 g/mol. The molecule has 0 saturated heterocycles. The van der Waals surface area contributed by atoms with Gasteiger partial charge < -0.3 is 4.98 Å². The van der Waals surface area contributed by atoms with E-state index in [0.29, 0.717) is 20.7 Å². The van der Waals surface area contributed by atoms with Gasteiger partial charge in [0.2, 0.25) is 0 Å². The molecule has 0 fully saturated rings. The first-order valence-corrected chi connectivity index (χ1v) is 7.54. The minimum atomic E-state index is 0.466. The zero-order chi connectivity index (χ0) is 13.6. The topological polar surface area (TPSA) is 45.8 Å². The maximum absolute atomic E-state index is 10.8. The second-order valence-electron chi connectivity index (χ2n) is 3.81. The van der Waals surface area contributed by atoms with E-state index < -0.39 is 0 Å². The Morgan fingerprint density at radius 3 is 2.68 bits per heavy atom. The van der Waals surface area contributed by atoms with Gasteiger partial charge in [0.15, 0.2) is 6.29 Å². The summed E-state index contributed by atoms with van der Waals surface area (Å²) in [6.07, 6.45) is 0.814. The van der Waals surface area contributed by atoms with Gasteiger partial charge in [-0.3, -0.25) is 4.79 Å². The summed E-state index contributed by atoms with van der Waals surface area (Å²) in [7, 11) is 0. The SMILES string of the molecule is O=Cc1sc(-c2nc3cc(Cl)c(Cl)cc3[nH]2)cc1Br. The molecule has 7 heteroatoms. The van der Waals surface area contributed by atoms with Gasteiger partial charge in [0.25, 0.3) is 0 Å². The number of aromatic amines is 1. The Kier molecular flexibility index (Phi) is 3.39. The molecule has 0 atom stereocenters. The molecule has 0 amide bonds. The van der Waals surface area contributed by atoms with Crippen molar-refractivity contribution in [3.63, 3.8) is 0 Å². The second-order valence-corrected chi connectivity index (χ2v) is 6.56. The van der Waals surface area contributed by atoms with Crippen LogP contribution in [-0.4, -0.2) is 16.3 Å². The van der Waals surface area contributed by atoms with Crippen molar-refractivity contribution in [1.29, 1.82) is 0 Å². The minimum Gasteiger partial charge on any atom is -0.337 e. The summed E-state index contributed by atoms with van der Waals surface area (Å²) >= 11 is 16.6. The van der Waals surface area contributed by atoms with Crippen molar-refractivity contribution >= 4 is 67.8 Å². The van der Waals surface area contributed by atoms with Crippen molar-refractivity contribution in [1.82, 2.24) is 9.97 Å². The lowest BCUT2D eigenvalue weighted by molar-refractivity contribution is 0.112. The summed E-state index contributed by atoms with van der Waals surface area (Å²) in [5.41, 5.74) is 1.54. The first kappa shape index (κ1) is 13.1. The van der Waals surface area contributed by atoms with E-state index in [2.05, 4.69) is 25.9 Å². The van der Waals surface area contributed by atoms with Crippen LogP contribution < -0.4 is 0 Å². The molecule has 0 saturated carbocycles. The van der Waals surface area contributed by atoms with E-state index in [1.165, 1.54) is 11.3 Å². The highest BCUT2D eigenvalue weighted by molar-refractivity contribution is 9.10. The fourth-order valence-corrected chi connectivity index (χ4v) is 3.55. The Bertz CT molecular complexity index is 757. The molecule has 0 aliphatic rings. The highest BCUT2D eigenvalue weighted by Crippen LogP contribution is 2.34. The third-order valence-corrected chi connectivity index (χ3v) is 5.29. The van der Waals surface area contributed by atoms with Crippen LogP contribution in [0, 0.1) is 0 Å². The van der Waals surface area contributed by atoms with Crippen LogP contribution in [0.2, 0.25) is 10.0 Å². The molecule has 2 heterocycles. The molecule has 96 valence electrons. The number of fused-ring (bicyclic) bond motifs is 1. The van der Waals surface area contributed by atoms with Gasteiger partial charge in [0, 0.05) is 4.47 Å². The summed E-state index contributed by atoms with van der Waals surface area (Å²) in [4.78, 5) is 20.0. The number of nitrogens with zero attached hydrogens (tertiary/aromatic N) is 1. The number of hydrogen-bond acceptors (Lipinski definition) is 3. The molecular formula is C12H5BrCl2N2OS. The zero-order valence-corrected chi connectivity index (χ0v) is 13.1. The molecular weight excluding hydrogens is 371 g/mol. The van der Waals surface area contributed by atoms with Gasteiger partial charge in [-0.05, 0) is 34.1 Å². The van der Waals surface area contributed by atoms with Gasteiger partial charge in [0.1, 0.15) is 5.82 Å². The van der Waals surface area contributed by atoms with Crippen molar-refractivity contribution in [3.05, 3.63) is 37.6 Å². The number of thiophene rings is 1. The lowest BCUT2D eigenvalue weighted by Crippen LogP contribution is -1.72.